The average Bonchev–Trinajstić information content (AvgIpc) is 3.24. The summed E-state index contributed by atoms with van der Waals surface area (Å²) in [4.78, 5) is 17.5. The maximum absolute atomic E-state index is 13.2. The minimum atomic E-state index is -0.490. The third-order valence-corrected chi connectivity index (χ3v) is 5.22. The van der Waals surface area contributed by atoms with Crippen LogP contribution in [-0.2, 0) is 10.2 Å². The van der Waals surface area contributed by atoms with Crippen LogP contribution in [0.4, 0.5) is 0 Å². The summed E-state index contributed by atoms with van der Waals surface area (Å²) in [5, 5.41) is 0.688. The fraction of sp³-hybridized carbons (Fsp3) is 0.263. The number of nitrogens with zero attached hydrogens (tertiary/aromatic N) is 2. The maximum atomic E-state index is 13.2. The van der Waals surface area contributed by atoms with Gasteiger partial charge in [0.1, 0.15) is 6.33 Å². The predicted molar refractivity (Wildman–Crippen MR) is 95.7 cm³/mol. The Morgan fingerprint density at radius 1 is 1.08 bits per heavy atom. The summed E-state index contributed by atoms with van der Waals surface area (Å²) >= 11 is 6.01. The molecule has 0 saturated heterocycles. The van der Waals surface area contributed by atoms with Crippen LogP contribution in [0.25, 0.3) is 11.0 Å². The van der Waals surface area contributed by atoms with E-state index in [9.17, 15) is 4.79 Å². The van der Waals surface area contributed by atoms with Gasteiger partial charge in [0.2, 0.25) is 5.91 Å². The molecule has 3 aromatic rings. The van der Waals surface area contributed by atoms with E-state index in [1.165, 1.54) is 0 Å². The maximum Gasteiger partial charge on any atom is 0.249 e. The number of amides is 1. The molecule has 122 valence electrons. The molecule has 5 heteroatoms. The Hall–Kier alpha value is -2.33. The standard InChI is InChI=1S/C19H18ClN3O/c20-15-9-7-14(8-10-15)19(11-3-4-12-19)18(24)22-23-13-21-16-5-1-2-6-17(16)23/h1-2,5-10,13H,3-4,11-12H2,(H,22,24). The molecule has 0 aliphatic heterocycles. The number of para-hydroxylation sites is 2. The minimum Gasteiger partial charge on any atom is -0.272 e. The molecule has 0 atom stereocenters. The first kappa shape index (κ1) is 15.2. The Balaban J connectivity index is 1.69. The molecule has 0 spiro atoms. The molecule has 1 amide bonds. The molecule has 0 radical (unpaired) electrons. The number of fused-ring (bicyclic) bond motifs is 1. The molecule has 4 nitrogen and oxygen atoms in total. The molecule has 24 heavy (non-hydrogen) atoms. The fourth-order valence-corrected chi connectivity index (χ4v) is 3.78. The molecule has 1 aliphatic rings. The number of carbonyl (C=O) groups is 1. The van der Waals surface area contributed by atoms with Crippen molar-refractivity contribution in [3.05, 3.63) is 65.4 Å². The van der Waals surface area contributed by atoms with Crippen molar-refractivity contribution in [2.24, 2.45) is 0 Å². The average molecular weight is 340 g/mol. The number of benzene rings is 2. The quantitative estimate of drug-likeness (QED) is 0.774. The van der Waals surface area contributed by atoms with Crippen LogP contribution < -0.4 is 5.43 Å². The first-order valence-corrected chi connectivity index (χ1v) is 8.56. The van der Waals surface area contributed by atoms with Crippen molar-refractivity contribution in [3.63, 3.8) is 0 Å². The highest BCUT2D eigenvalue weighted by Gasteiger charge is 2.43. The first-order chi connectivity index (χ1) is 11.7. The number of hydrogen-bond donors (Lipinski definition) is 1. The van der Waals surface area contributed by atoms with E-state index in [4.69, 9.17) is 11.6 Å². The summed E-state index contributed by atoms with van der Waals surface area (Å²) in [7, 11) is 0. The monoisotopic (exact) mass is 339 g/mol. The van der Waals surface area contributed by atoms with Crippen molar-refractivity contribution in [2.75, 3.05) is 5.43 Å². The van der Waals surface area contributed by atoms with E-state index in [0.717, 1.165) is 42.3 Å². The van der Waals surface area contributed by atoms with E-state index < -0.39 is 5.41 Å². The lowest BCUT2D eigenvalue weighted by molar-refractivity contribution is -0.122. The van der Waals surface area contributed by atoms with Crippen molar-refractivity contribution in [2.45, 2.75) is 31.1 Å². The second kappa shape index (κ2) is 5.95. The molecule has 1 aliphatic carbocycles. The van der Waals surface area contributed by atoms with Gasteiger partial charge in [-0.05, 0) is 42.7 Å². The van der Waals surface area contributed by atoms with E-state index in [1.807, 2.05) is 48.5 Å². The van der Waals surface area contributed by atoms with Gasteiger partial charge in [-0.2, -0.15) is 0 Å². The van der Waals surface area contributed by atoms with Crippen molar-refractivity contribution >= 4 is 28.5 Å². The largest absolute Gasteiger partial charge is 0.272 e. The summed E-state index contributed by atoms with van der Waals surface area (Å²) in [6, 6.07) is 15.4. The van der Waals surface area contributed by atoms with Gasteiger partial charge in [-0.3, -0.25) is 10.2 Å². The van der Waals surface area contributed by atoms with Crippen LogP contribution in [-0.4, -0.2) is 15.6 Å². The molecule has 1 aromatic heterocycles. The lowest BCUT2D eigenvalue weighted by Crippen LogP contribution is -2.41. The molecule has 2 aromatic carbocycles. The van der Waals surface area contributed by atoms with Gasteiger partial charge in [-0.25, -0.2) is 9.66 Å². The van der Waals surface area contributed by atoms with E-state index in [0.29, 0.717) is 5.02 Å². The number of aromatic nitrogens is 2. The summed E-state index contributed by atoms with van der Waals surface area (Å²) in [5.74, 6) is 0.0190. The van der Waals surface area contributed by atoms with Crippen LogP contribution >= 0.6 is 11.6 Å². The molecule has 1 N–H and O–H groups in total. The number of rotatable bonds is 3. The highest BCUT2D eigenvalue weighted by Crippen LogP contribution is 2.42. The molecule has 0 bridgehead atoms. The Morgan fingerprint density at radius 2 is 1.79 bits per heavy atom. The van der Waals surface area contributed by atoms with Gasteiger partial charge in [0.15, 0.2) is 0 Å². The van der Waals surface area contributed by atoms with Gasteiger partial charge in [-0.15, -0.1) is 0 Å². The van der Waals surface area contributed by atoms with Crippen LogP contribution in [0.15, 0.2) is 54.9 Å². The zero-order chi connectivity index (χ0) is 16.6. The van der Waals surface area contributed by atoms with Crippen LogP contribution in [0.2, 0.25) is 5.02 Å². The highest BCUT2D eigenvalue weighted by molar-refractivity contribution is 6.30. The van der Waals surface area contributed by atoms with Gasteiger partial charge in [0.05, 0.1) is 16.4 Å². The topological polar surface area (TPSA) is 46.9 Å². The van der Waals surface area contributed by atoms with Crippen LogP contribution in [0.3, 0.4) is 0 Å². The van der Waals surface area contributed by atoms with Crippen LogP contribution in [0, 0.1) is 0 Å². The smallest absolute Gasteiger partial charge is 0.249 e. The molecule has 1 fully saturated rings. The zero-order valence-electron chi connectivity index (χ0n) is 13.2. The van der Waals surface area contributed by atoms with Crippen molar-refractivity contribution in [1.82, 2.24) is 9.66 Å². The molecule has 1 saturated carbocycles. The van der Waals surface area contributed by atoms with Crippen LogP contribution in [0.1, 0.15) is 31.2 Å². The SMILES string of the molecule is O=C(Nn1cnc2ccccc21)C1(c2ccc(Cl)cc2)CCCC1. The van der Waals surface area contributed by atoms with Crippen molar-refractivity contribution < 1.29 is 4.79 Å². The van der Waals surface area contributed by atoms with Gasteiger partial charge >= 0.3 is 0 Å². The fourth-order valence-electron chi connectivity index (χ4n) is 3.66. The normalized spacial score (nSPS) is 16.4. The van der Waals surface area contributed by atoms with Gasteiger partial charge in [0, 0.05) is 5.02 Å². The predicted octanol–water partition coefficient (Wildman–Crippen LogP) is 4.27. The molecule has 4 rings (SSSR count). The first-order valence-electron chi connectivity index (χ1n) is 8.19. The Kier molecular flexibility index (Phi) is 3.77. The Morgan fingerprint density at radius 3 is 2.54 bits per heavy atom. The second-order valence-electron chi connectivity index (χ2n) is 6.34. The van der Waals surface area contributed by atoms with Gasteiger partial charge in [0.25, 0.3) is 0 Å². The minimum absolute atomic E-state index is 0.0190. The number of nitrogens with one attached hydrogen (secondary N) is 1. The second-order valence-corrected chi connectivity index (χ2v) is 6.78. The van der Waals surface area contributed by atoms with Crippen LogP contribution in [0.5, 0.6) is 0 Å². The summed E-state index contributed by atoms with van der Waals surface area (Å²) in [6.07, 6.45) is 5.48. The lowest BCUT2D eigenvalue weighted by atomic mass is 9.78. The molecule has 0 unspecified atom stereocenters. The van der Waals surface area contributed by atoms with E-state index >= 15 is 0 Å². The molecular formula is C19H18ClN3O. The number of halogens is 1. The Bertz CT molecular complexity index is 879. The third-order valence-electron chi connectivity index (χ3n) is 4.96. The lowest BCUT2D eigenvalue weighted by Gasteiger charge is -2.28. The van der Waals surface area contributed by atoms with Crippen molar-refractivity contribution in [3.8, 4) is 0 Å². The number of hydrogen-bond acceptors (Lipinski definition) is 2. The molecule has 1 heterocycles. The Labute approximate surface area is 145 Å². The summed E-state index contributed by atoms with van der Waals surface area (Å²) in [5.41, 5.74) is 5.35. The van der Waals surface area contributed by atoms with E-state index in [1.54, 1.807) is 11.0 Å². The van der Waals surface area contributed by atoms with Gasteiger partial charge < -0.3 is 0 Å². The van der Waals surface area contributed by atoms with E-state index in [2.05, 4.69) is 10.4 Å². The van der Waals surface area contributed by atoms with E-state index in [-0.39, 0.29) is 5.91 Å². The zero-order valence-corrected chi connectivity index (χ0v) is 14.0. The number of carbonyl (C=O) groups excluding carboxylic acids is 1. The van der Waals surface area contributed by atoms with Gasteiger partial charge in [-0.1, -0.05) is 48.7 Å². The summed E-state index contributed by atoms with van der Waals surface area (Å²) < 4.78 is 1.72. The number of imidazole rings is 1. The third kappa shape index (κ3) is 2.47. The summed E-state index contributed by atoms with van der Waals surface area (Å²) in [6.45, 7) is 0. The van der Waals surface area contributed by atoms with Crippen molar-refractivity contribution in [1.29, 1.82) is 0 Å². The molecular weight excluding hydrogens is 322 g/mol. The highest BCUT2D eigenvalue weighted by atomic mass is 35.5.